The van der Waals surface area contributed by atoms with Gasteiger partial charge in [-0.3, -0.25) is 4.79 Å². The Bertz CT molecular complexity index is 655. The number of amides is 1. The van der Waals surface area contributed by atoms with Gasteiger partial charge in [0.15, 0.2) is 0 Å². The first-order chi connectivity index (χ1) is 9.60. The topological polar surface area (TPSA) is 49.3 Å². The summed E-state index contributed by atoms with van der Waals surface area (Å²) < 4.78 is 0. The molecule has 0 atom stereocenters. The molecule has 0 saturated carbocycles. The molecule has 2 rings (SSSR count). The predicted octanol–water partition coefficient (Wildman–Crippen LogP) is 2.96. The number of benzene rings is 1. The first kappa shape index (κ1) is 14.3. The van der Waals surface area contributed by atoms with Gasteiger partial charge in [-0.15, -0.1) is 11.3 Å². The zero-order valence-corrected chi connectivity index (χ0v) is 12.2. The van der Waals surface area contributed by atoms with E-state index in [2.05, 4.69) is 17.2 Å². The van der Waals surface area contributed by atoms with E-state index < -0.39 is 0 Å². The molecule has 0 aliphatic heterocycles. The fraction of sp³-hybridized carbons (Fsp3) is 0.188. The van der Waals surface area contributed by atoms with Crippen molar-refractivity contribution in [3.05, 3.63) is 51.2 Å². The summed E-state index contributed by atoms with van der Waals surface area (Å²) in [6.45, 7) is 3.85. The number of carbonyl (C=O) groups excluding carboxylic acids is 1. The molecule has 4 heteroatoms. The van der Waals surface area contributed by atoms with Crippen molar-refractivity contribution in [2.24, 2.45) is 0 Å². The molecular weight excluding hydrogens is 270 g/mol. The fourth-order valence-electron chi connectivity index (χ4n) is 1.66. The van der Waals surface area contributed by atoms with Crippen molar-refractivity contribution in [1.29, 1.82) is 0 Å². The number of aryl methyl sites for hydroxylation is 2. The summed E-state index contributed by atoms with van der Waals surface area (Å²) in [5.41, 5.74) is 2.67. The number of aliphatic hydroxyl groups excluding tert-OH is 1. The average molecular weight is 285 g/mol. The minimum Gasteiger partial charge on any atom is -0.384 e. The van der Waals surface area contributed by atoms with Crippen LogP contribution in [0.3, 0.4) is 0 Å². The first-order valence-electron chi connectivity index (χ1n) is 6.18. The maximum atomic E-state index is 12.1. The van der Waals surface area contributed by atoms with Crippen LogP contribution in [0.1, 0.15) is 25.7 Å². The summed E-state index contributed by atoms with van der Waals surface area (Å²) in [6, 6.07) is 9.11. The van der Waals surface area contributed by atoms with Crippen molar-refractivity contribution in [1.82, 2.24) is 0 Å². The Hall–Kier alpha value is -2.09. The highest BCUT2D eigenvalue weighted by atomic mass is 32.1. The molecular formula is C16H15NO2S. The van der Waals surface area contributed by atoms with Crippen LogP contribution in [0.2, 0.25) is 0 Å². The lowest BCUT2D eigenvalue weighted by atomic mass is 10.2. The number of hydrogen-bond acceptors (Lipinski definition) is 3. The van der Waals surface area contributed by atoms with Crippen LogP contribution in [0.25, 0.3) is 0 Å². The first-order valence-corrected chi connectivity index (χ1v) is 7.00. The van der Waals surface area contributed by atoms with Crippen LogP contribution in [-0.4, -0.2) is 17.6 Å². The van der Waals surface area contributed by atoms with E-state index in [4.69, 9.17) is 5.11 Å². The number of anilines is 1. The molecule has 2 aromatic rings. The third-order valence-corrected chi connectivity index (χ3v) is 4.00. The Kier molecular flexibility index (Phi) is 4.57. The lowest BCUT2D eigenvalue weighted by Gasteiger charge is -2.03. The Balaban J connectivity index is 2.08. The highest BCUT2D eigenvalue weighted by Crippen LogP contribution is 2.21. The molecule has 0 aliphatic carbocycles. The molecule has 20 heavy (non-hydrogen) atoms. The van der Waals surface area contributed by atoms with Crippen molar-refractivity contribution in [3.63, 3.8) is 0 Å². The number of hydrogen-bond donors (Lipinski definition) is 2. The average Bonchev–Trinajstić information content (AvgIpc) is 2.78. The van der Waals surface area contributed by atoms with Gasteiger partial charge in [-0.1, -0.05) is 11.8 Å². The highest BCUT2D eigenvalue weighted by Gasteiger charge is 2.10. The van der Waals surface area contributed by atoms with Crippen molar-refractivity contribution in [2.75, 3.05) is 11.9 Å². The second-order valence-corrected chi connectivity index (χ2v) is 5.60. The van der Waals surface area contributed by atoms with Crippen LogP contribution in [0.4, 0.5) is 5.69 Å². The second kappa shape index (κ2) is 6.38. The summed E-state index contributed by atoms with van der Waals surface area (Å²) >= 11 is 1.49. The monoisotopic (exact) mass is 285 g/mol. The highest BCUT2D eigenvalue weighted by molar-refractivity contribution is 7.14. The summed E-state index contributed by atoms with van der Waals surface area (Å²) in [7, 11) is 0. The van der Waals surface area contributed by atoms with Crippen LogP contribution in [0, 0.1) is 25.7 Å². The summed E-state index contributed by atoms with van der Waals surface area (Å²) in [5, 5.41) is 11.5. The van der Waals surface area contributed by atoms with E-state index in [0.29, 0.717) is 4.88 Å². The number of carbonyl (C=O) groups is 1. The second-order valence-electron chi connectivity index (χ2n) is 4.34. The van der Waals surface area contributed by atoms with Crippen LogP contribution in [0.15, 0.2) is 30.3 Å². The molecule has 3 nitrogen and oxygen atoms in total. The maximum Gasteiger partial charge on any atom is 0.265 e. The van der Waals surface area contributed by atoms with E-state index >= 15 is 0 Å². The lowest BCUT2D eigenvalue weighted by molar-refractivity contribution is 0.103. The summed E-state index contributed by atoms with van der Waals surface area (Å²) in [6.07, 6.45) is 0. The molecule has 1 aromatic carbocycles. The van der Waals surface area contributed by atoms with Gasteiger partial charge in [0.2, 0.25) is 0 Å². The number of aliphatic hydroxyl groups is 1. The molecule has 1 amide bonds. The molecule has 0 aliphatic rings. The van der Waals surface area contributed by atoms with Crippen LogP contribution in [-0.2, 0) is 0 Å². The molecule has 0 fully saturated rings. The van der Waals surface area contributed by atoms with Crippen LogP contribution < -0.4 is 5.32 Å². The molecule has 2 N–H and O–H groups in total. The molecule has 1 aromatic heterocycles. The molecule has 1 heterocycles. The number of nitrogens with one attached hydrogen (secondary N) is 1. The van der Waals surface area contributed by atoms with E-state index in [1.54, 1.807) is 12.1 Å². The van der Waals surface area contributed by atoms with Crippen molar-refractivity contribution in [2.45, 2.75) is 13.8 Å². The van der Waals surface area contributed by atoms with Crippen molar-refractivity contribution >= 4 is 22.9 Å². The minimum absolute atomic E-state index is 0.0969. The zero-order valence-electron chi connectivity index (χ0n) is 11.4. The van der Waals surface area contributed by atoms with Gasteiger partial charge in [-0.05, 0) is 49.7 Å². The van der Waals surface area contributed by atoms with E-state index in [1.807, 2.05) is 32.0 Å². The minimum atomic E-state index is -0.157. The van der Waals surface area contributed by atoms with Crippen LogP contribution in [0.5, 0.6) is 0 Å². The molecule has 102 valence electrons. The van der Waals surface area contributed by atoms with Gasteiger partial charge in [0.25, 0.3) is 5.91 Å². The SMILES string of the molecule is Cc1cc(C(=O)Nc2ccc(C#CCO)cc2)sc1C. The van der Waals surface area contributed by atoms with E-state index in [-0.39, 0.29) is 12.5 Å². The smallest absolute Gasteiger partial charge is 0.265 e. The standard InChI is InChI=1S/C16H15NO2S/c1-11-10-15(20-12(11)2)16(19)17-14-7-5-13(6-8-14)4-3-9-18/h5-8,10,18H,9H2,1-2H3,(H,17,19). The van der Waals surface area contributed by atoms with E-state index in [9.17, 15) is 4.79 Å². The molecule has 0 radical (unpaired) electrons. The molecule has 0 unspecified atom stereocenters. The van der Waals surface area contributed by atoms with Gasteiger partial charge < -0.3 is 10.4 Å². The zero-order chi connectivity index (χ0) is 14.5. The fourth-order valence-corrected chi connectivity index (χ4v) is 2.59. The van der Waals surface area contributed by atoms with Gasteiger partial charge in [-0.25, -0.2) is 0 Å². The van der Waals surface area contributed by atoms with Gasteiger partial charge in [0.1, 0.15) is 6.61 Å². The summed E-state index contributed by atoms with van der Waals surface area (Å²) in [5.74, 6) is 5.29. The van der Waals surface area contributed by atoms with Gasteiger partial charge in [0.05, 0.1) is 4.88 Å². The molecule has 0 bridgehead atoms. The van der Waals surface area contributed by atoms with Gasteiger partial charge in [0, 0.05) is 16.1 Å². The number of thiophene rings is 1. The third kappa shape index (κ3) is 3.47. The Morgan fingerprint density at radius 1 is 1.30 bits per heavy atom. The van der Waals surface area contributed by atoms with Crippen molar-refractivity contribution < 1.29 is 9.90 Å². The van der Waals surface area contributed by atoms with Crippen molar-refractivity contribution in [3.8, 4) is 11.8 Å². The van der Waals surface area contributed by atoms with Gasteiger partial charge >= 0.3 is 0 Å². The Morgan fingerprint density at radius 3 is 2.55 bits per heavy atom. The lowest BCUT2D eigenvalue weighted by Crippen LogP contribution is -2.09. The molecule has 0 saturated heterocycles. The predicted molar refractivity (Wildman–Crippen MR) is 82.2 cm³/mol. The Morgan fingerprint density at radius 2 is 2.00 bits per heavy atom. The van der Waals surface area contributed by atoms with E-state index in [0.717, 1.165) is 21.7 Å². The van der Waals surface area contributed by atoms with E-state index in [1.165, 1.54) is 11.3 Å². The molecule has 0 spiro atoms. The van der Waals surface area contributed by atoms with Crippen LogP contribution >= 0.6 is 11.3 Å². The maximum absolute atomic E-state index is 12.1. The largest absolute Gasteiger partial charge is 0.384 e. The quantitative estimate of drug-likeness (QED) is 0.833. The third-order valence-electron chi connectivity index (χ3n) is 2.84. The van der Waals surface area contributed by atoms with Gasteiger partial charge in [-0.2, -0.15) is 0 Å². The normalized spacial score (nSPS) is 9.75. The summed E-state index contributed by atoms with van der Waals surface area (Å²) in [4.78, 5) is 13.9. The number of rotatable bonds is 2. The Labute approximate surface area is 122 Å².